The molecule has 1 aliphatic heterocycles. The maximum absolute atomic E-state index is 5.40. The van der Waals surface area contributed by atoms with Gasteiger partial charge in [-0.05, 0) is 44.2 Å². The quantitative estimate of drug-likeness (QED) is 0.740. The second-order valence-electron chi connectivity index (χ2n) is 4.22. The summed E-state index contributed by atoms with van der Waals surface area (Å²) in [7, 11) is 0. The largest absolute Gasteiger partial charge is 0.381 e. The lowest BCUT2D eigenvalue weighted by molar-refractivity contribution is 0.0662. The third-order valence-corrected chi connectivity index (χ3v) is 5.28. The first-order chi connectivity index (χ1) is 7.18. The van der Waals surface area contributed by atoms with Crippen LogP contribution in [-0.2, 0) is 4.74 Å². The smallest absolute Gasteiger partial charge is 0.0469 e. The first-order valence-electron chi connectivity index (χ1n) is 5.47. The molecule has 1 unspecified atom stereocenters. The Labute approximate surface area is 104 Å². The molecule has 1 aromatic rings. The highest BCUT2D eigenvalue weighted by Gasteiger charge is 2.25. The molecule has 0 amide bonds. The van der Waals surface area contributed by atoms with E-state index in [1.54, 1.807) is 0 Å². The Morgan fingerprint density at radius 3 is 2.60 bits per heavy atom. The molecule has 2 rings (SSSR count). The normalized spacial score (nSPS) is 20.5. The summed E-state index contributed by atoms with van der Waals surface area (Å²) >= 11 is 5.76. The van der Waals surface area contributed by atoms with Crippen molar-refractivity contribution in [1.82, 2.24) is 0 Å². The third-order valence-electron chi connectivity index (χ3n) is 3.06. The van der Waals surface area contributed by atoms with Gasteiger partial charge in [0.25, 0.3) is 0 Å². The van der Waals surface area contributed by atoms with E-state index in [0.717, 1.165) is 19.1 Å². The monoisotopic (exact) mass is 288 g/mol. The van der Waals surface area contributed by atoms with Crippen LogP contribution in [0.2, 0.25) is 0 Å². The molecule has 15 heavy (non-hydrogen) atoms. The molecule has 0 radical (unpaired) electrons. The molecule has 84 valence electrons. The predicted molar refractivity (Wildman–Crippen MR) is 69.0 cm³/mol. The molecular formula is C12H17BrOS. The molecule has 1 aliphatic rings. The zero-order chi connectivity index (χ0) is 10.8. The van der Waals surface area contributed by atoms with Crippen molar-refractivity contribution >= 4 is 27.3 Å². The zero-order valence-electron chi connectivity index (χ0n) is 9.25. The van der Waals surface area contributed by atoms with E-state index >= 15 is 0 Å². The van der Waals surface area contributed by atoms with Crippen LogP contribution in [0.5, 0.6) is 0 Å². The van der Waals surface area contributed by atoms with Gasteiger partial charge >= 0.3 is 0 Å². The van der Waals surface area contributed by atoms with Crippen molar-refractivity contribution in [2.24, 2.45) is 5.92 Å². The molecule has 0 saturated carbocycles. The first kappa shape index (κ1) is 11.6. The number of aryl methyl sites for hydroxylation is 2. The average molecular weight is 289 g/mol. The summed E-state index contributed by atoms with van der Waals surface area (Å²) in [6.07, 6.45) is 2.37. The standard InChI is InChI=1S/C12H17BrOS/c1-8-7-11(9(2)15-8)12(13)10-3-5-14-6-4-10/h7,10,12H,3-6H2,1-2H3. The van der Waals surface area contributed by atoms with Gasteiger partial charge in [-0.25, -0.2) is 0 Å². The van der Waals surface area contributed by atoms with Crippen LogP contribution in [0.1, 0.15) is 33.0 Å². The van der Waals surface area contributed by atoms with Crippen LogP contribution in [0, 0.1) is 19.8 Å². The van der Waals surface area contributed by atoms with E-state index in [9.17, 15) is 0 Å². The van der Waals surface area contributed by atoms with Gasteiger partial charge in [0.1, 0.15) is 0 Å². The molecule has 2 heterocycles. The number of thiophene rings is 1. The van der Waals surface area contributed by atoms with Gasteiger partial charge in [0.05, 0.1) is 0 Å². The number of hydrogen-bond acceptors (Lipinski definition) is 2. The van der Waals surface area contributed by atoms with Gasteiger partial charge in [0.2, 0.25) is 0 Å². The predicted octanol–water partition coefficient (Wildman–Crippen LogP) is 4.23. The van der Waals surface area contributed by atoms with Crippen molar-refractivity contribution in [1.29, 1.82) is 0 Å². The maximum atomic E-state index is 5.40. The average Bonchev–Trinajstić information content (AvgIpc) is 2.58. The fraction of sp³-hybridized carbons (Fsp3) is 0.667. The lowest BCUT2D eigenvalue weighted by atomic mass is 9.92. The second-order valence-corrected chi connectivity index (χ2v) is 6.67. The van der Waals surface area contributed by atoms with Crippen LogP contribution < -0.4 is 0 Å². The van der Waals surface area contributed by atoms with Gasteiger partial charge in [0, 0.05) is 27.8 Å². The van der Waals surface area contributed by atoms with Crippen LogP contribution in [0.25, 0.3) is 0 Å². The number of hydrogen-bond donors (Lipinski definition) is 0. The lowest BCUT2D eigenvalue weighted by Crippen LogP contribution is -2.19. The number of ether oxygens (including phenoxy) is 1. The van der Waals surface area contributed by atoms with Crippen LogP contribution in [0.15, 0.2) is 6.07 Å². The number of alkyl halides is 1. The van der Waals surface area contributed by atoms with Gasteiger partial charge in [-0.3, -0.25) is 0 Å². The summed E-state index contributed by atoms with van der Waals surface area (Å²) in [6, 6.07) is 2.33. The van der Waals surface area contributed by atoms with Gasteiger partial charge in [-0.1, -0.05) is 15.9 Å². The van der Waals surface area contributed by atoms with Crippen molar-refractivity contribution in [2.45, 2.75) is 31.5 Å². The van der Waals surface area contributed by atoms with Crippen molar-refractivity contribution in [2.75, 3.05) is 13.2 Å². The zero-order valence-corrected chi connectivity index (χ0v) is 11.7. The second kappa shape index (κ2) is 4.98. The Balaban J connectivity index is 2.12. The highest BCUT2D eigenvalue weighted by atomic mass is 79.9. The van der Waals surface area contributed by atoms with E-state index in [1.165, 1.54) is 28.2 Å². The van der Waals surface area contributed by atoms with Gasteiger partial charge < -0.3 is 4.74 Å². The summed E-state index contributed by atoms with van der Waals surface area (Å²) in [6.45, 7) is 6.26. The molecule has 0 N–H and O–H groups in total. The van der Waals surface area contributed by atoms with E-state index in [0.29, 0.717) is 4.83 Å². The molecule has 1 atom stereocenters. The molecule has 1 fully saturated rings. The molecule has 1 aromatic heterocycles. The molecule has 0 spiro atoms. The van der Waals surface area contributed by atoms with Crippen molar-refractivity contribution in [3.8, 4) is 0 Å². The van der Waals surface area contributed by atoms with Gasteiger partial charge in [-0.15, -0.1) is 11.3 Å². The number of rotatable bonds is 2. The van der Waals surface area contributed by atoms with E-state index < -0.39 is 0 Å². The third kappa shape index (κ3) is 2.63. The molecular weight excluding hydrogens is 272 g/mol. The highest BCUT2D eigenvalue weighted by Crippen LogP contribution is 2.40. The lowest BCUT2D eigenvalue weighted by Gasteiger charge is -2.26. The summed E-state index contributed by atoms with van der Waals surface area (Å²) < 4.78 is 5.40. The number of halogens is 1. The van der Waals surface area contributed by atoms with E-state index in [4.69, 9.17) is 4.74 Å². The highest BCUT2D eigenvalue weighted by molar-refractivity contribution is 9.09. The minimum Gasteiger partial charge on any atom is -0.381 e. The minimum atomic E-state index is 0.520. The van der Waals surface area contributed by atoms with Gasteiger partial charge in [0.15, 0.2) is 0 Å². The molecule has 0 bridgehead atoms. The maximum Gasteiger partial charge on any atom is 0.0469 e. The van der Waals surface area contributed by atoms with Crippen LogP contribution in [0.3, 0.4) is 0 Å². The van der Waals surface area contributed by atoms with Gasteiger partial charge in [-0.2, -0.15) is 0 Å². The van der Waals surface area contributed by atoms with Crippen LogP contribution in [-0.4, -0.2) is 13.2 Å². The molecule has 0 aliphatic carbocycles. The van der Waals surface area contributed by atoms with E-state index in [-0.39, 0.29) is 0 Å². The Kier molecular flexibility index (Phi) is 3.86. The summed E-state index contributed by atoms with van der Waals surface area (Å²) in [4.78, 5) is 3.39. The fourth-order valence-electron chi connectivity index (χ4n) is 2.19. The van der Waals surface area contributed by atoms with Crippen molar-refractivity contribution in [3.05, 3.63) is 21.4 Å². The van der Waals surface area contributed by atoms with Crippen molar-refractivity contribution in [3.63, 3.8) is 0 Å². The minimum absolute atomic E-state index is 0.520. The Morgan fingerprint density at radius 2 is 2.07 bits per heavy atom. The summed E-state index contributed by atoms with van der Waals surface area (Å²) in [5.74, 6) is 0.742. The molecule has 1 saturated heterocycles. The van der Waals surface area contributed by atoms with Crippen molar-refractivity contribution < 1.29 is 4.74 Å². The van der Waals surface area contributed by atoms with Crippen LogP contribution in [0.4, 0.5) is 0 Å². The van der Waals surface area contributed by atoms with Crippen LogP contribution >= 0.6 is 27.3 Å². The molecule has 0 aromatic carbocycles. The Hall–Kier alpha value is 0.140. The van der Waals surface area contributed by atoms with E-state index in [2.05, 4.69) is 35.8 Å². The fourth-order valence-corrected chi connectivity index (χ4v) is 4.32. The summed E-state index contributed by atoms with van der Waals surface area (Å²) in [5, 5.41) is 0. The Bertz CT molecular complexity index is 328. The first-order valence-corrected chi connectivity index (χ1v) is 7.20. The summed E-state index contributed by atoms with van der Waals surface area (Å²) in [5.41, 5.74) is 1.49. The Morgan fingerprint density at radius 1 is 1.40 bits per heavy atom. The topological polar surface area (TPSA) is 9.23 Å². The molecule has 1 nitrogen and oxygen atoms in total. The molecule has 3 heteroatoms. The van der Waals surface area contributed by atoms with E-state index in [1.807, 2.05) is 11.3 Å². The SMILES string of the molecule is Cc1cc(C(Br)C2CCOCC2)c(C)s1.